The SMILES string of the molecule is N#Cc1cc(CC2CCCN2)ccc1O. The van der Waals surface area contributed by atoms with Gasteiger partial charge in [-0.15, -0.1) is 0 Å². The first-order chi connectivity index (χ1) is 7.29. The lowest BCUT2D eigenvalue weighted by Crippen LogP contribution is -2.23. The van der Waals surface area contributed by atoms with Gasteiger partial charge in [0.2, 0.25) is 0 Å². The Labute approximate surface area is 89.4 Å². The van der Waals surface area contributed by atoms with Gasteiger partial charge in [-0.05, 0) is 43.5 Å². The van der Waals surface area contributed by atoms with Crippen LogP contribution in [0, 0.1) is 11.3 Å². The predicted octanol–water partition coefficient (Wildman–Crippen LogP) is 1.56. The molecule has 78 valence electrons. The Balaban J connectivity index is 2.11. The molecule has 1 fully saturated rings. The molecule has 0 radical (unpaired) electrons. The second-order valence-corrected chi connectivity index (χ2v) is 3.96. The van der Waals surface area contributed by atoms with E-state index in [1.54, 1.807) is 12.1 Å². The number of phenolic OH excluding ortho intramolecular Hbond substituents is 1. The molecule has 0 saturated carbocycles. The Morgan fingerprint density at radius 3 is 3.07 bits per heavy atom. The minimum atomic E-state index is 0.0700. The lowest BCUT2D eigenvalue weighted by molar-refractivity contribution is 0.473. The summed E-state index contributed by atoms with van der Waals surface area (Å²) in [6.45, 7) is 1.09. The number of nitriles is 1. The van der Waals surface area contributed by atoms with Crippen molar-refractivity contribution in [1.82, 2.24) is 5.32 Å². The number of hydrogen-bond acceptors (Lipinski definition) is 3. The molecule has 0 aliphatic carbocycles. The Bertz CT molecular complexity index is 389. The number of benzene rings is 1. The van der Waals surface area contributed by atoms with Crippen LogP contribution in [0.2, 0.25) is 0 Å². The van der Waals surface area contributed by atoms with E-state index in [1.165, 1.54) is 12.8 Å². The third-order valence-electron chi connectivity index (χ3n) is 2.83. The van der Waals surface area contributed by atoms with E-state index >= 15 is 0 Å². The van der Waals surface area contributed by atoms with Crippen molar-refractivity contribution >= 4 is 0 Å². The fourth-order valence-electron chi connectivity index (χ4n) is 2.02. The predicted molar refractivity (Wildman–Crippen MR) is 57.6 cm³/mol. The highest BCUT2D eigenvalue weighted by atomic mass is 16.3. The number of phenols is 1. The molecule has 1 saturated heterocycles. The molecule has 2 rings (SSSR count). The molecule has 2 N–H and O–H groups in total. The van der Waals surface area contributed by atoms with Gasteiger partial charge in [0.25, 0.3) is 0 Å². The summed E-state index contributed by atoms with van der Waals surface area (Å²) >= 11 is 0. The molecule has 15 heavy (non-hydrogen) atoms. The van der Waals surface area contributed by atoms with Crippen LogP contribution in [0.4, 0.5) is 0 Å². The molecule has 1 atom stereocenters. The van der Waals surface area contributed by atoms with Crippen molar-refractivity contribution in [1.29, 1.82) is 5.26 Å². The molecule has 0 aromatic heterocycles. The summed E-state index contributed by atoms with van der Waals surface area (Å²) in [5.74, 6) is 0.0700. The molecule has 0 amide bonds. The van der Waals surface area contributed by atoms with E-state index in [9.17, 15) is 5.11 Å². The smallest absolute Gasteiger partial charge is 0.133 e. The molecule has 0 bridgehead atoms. The molecular formula is C12H14N2O. The highest BCUT2D eigenvalue weighted by molar-refractivity contribution is 5.44. The molecule has 3 nitrogen and oxygen atoms in total. The third kappa shape index (κ3) is 2.28. The van der Waals surface area contributed by atoms with Crippen molar-refractivity contribution in [2.75, 3.05) is 6.54 Å². The van der Waals surface area contributed by atoms with Gasteiger partial charge in [0.05, 0.1) is 5.56 Å². The molecular weight excluding hydrogens is 188 g/mol. The van der Waals surface area contributed by atoms with Gasteiger partial charge in [-0.3, -0.25) is 0 Å². The summed E-state index contributed by atoms with van der Waals surface area (Å²) < 4.78 is 0. The summed E-state index contributed by atoms with van der Waals surface area (Å²) in [5, 5.41) is 21.5. The molecule has 1 aliphatic heterocycles. The first kappa shape index (κ1) is 10.0. The van der Waals surface area contributed by atoms with Gasteiger partial charge in [-0.2, -0.15) is 5.26 Å². The van der Waals surface area contributed by atoms with Crippen LogP contribution in [0.5, 0.6) is 5.75 Å². The Kier molecular flexibility index (Phi) is 2.89. The zero-order valence-electron chi connectivity index (χ0n) is 8.53. The van der Waals surface area contributed by atoms with Crippen LogP contribution < -0.4 is 5.32 Å². The van der Waals surface area contributed by atoms with Crippen LogP contribution in [-0.4, -0.2) is 17.7 Å². The monoisotopic (exact) mass is 202 g/mol. The van der Waals surface area contributed by atoms with Crippen molar-refractivity contribution in [3.05, 3.63) is 29.3 Å². The van der Waals surface area contributed by atoms with Gasteiger partial charge in [-0.1, -0.05) is 6.07 Å². The van der Waals surface area contributed by atoms with E-state index in [1.807, 2.05) is 12.1 Å². The van der Waals surface area contributed by atoms with Crippen molar-refractivity contribution in [3.63, 3.8) is 0 Å². The average molecular weight is 202 g/mol. The lowest BCUT2D eigenvalue weighted by atomic mass is 10.0. The van der Waals surface area contributed by atoms with Crippen molar-refractivity contribution in [2.24, 2.45) is 0 Å². The Morgan fingerprint density at radius 2 is 2.40 bits per heavy atom. The summed E-state index contributed by atoms with van der Waals surface area (Å²) in [6.07, 6.45) is 3.37. The van der Waals surface area contributed by atoms with E-state index < -0.39 is 0 Å². The van der Waals surface area contributed by atoms with Crippen LogP contribution in [0.1, 0.15) is 24.0 Å². The molecule has 0 spiro atoms. The first-order valence-corrected chi connectivity index (χ1v) is 5.25. The van der Waals surface area contributed by atoms with E-state index in [2.05, 4.69) is 5.32 Å². The summed E-state index contributed by atoms with van der Waals surface area (Å²) in [7, 11) is 0. The minimum absolute atomic E-state index is 0.0700. The lowest BCUT2D eigenvalue weighted by Gasteiger charge is -2.10. The zero-order chi connectivity index (χ0) is 10.7. The zero-order valence-corrected chi connectivity index (χ0v) is 8.53. The highest BCUT2D eigenvalue weighted by Gasteiger charge is 2.14. The topological polar surface area (TPSA) is 56.0 Å². The van der Waals surface area contributed by atoms with E-state index in [4.69, 9.17) is 5.26 Å². The number of aromatic hydroxyl groups is 1. The van der Waals surface area contributed by atoms with E-state index in [0.717, 1.165) is 18.5 Å². The summed E-state index contributed by atoms with van der Waals surface area (Å²) in [6, 6.07) is 7.78. The maximum Gasteiger partial charge on any atom is 0.133 e. The summed E-state index contributed by atoms with van der Waals surface area (Å²) in [4.78, 5) is 0. The summed E-state index contributed by atoms with van der Waals surface area (Å²) in [5.41, 5.74) is 1.48. The largest absolute Gasteiger partial charge is 0.507 e. The molecule has 1 aromatic carbocycles. The van der Waals surface area contributed by atoms with Crippen LogP contribution in [0.3, 0.4) is 0 Å². The third-order valence-corrected chi connectivity index (χ3v) is 2.83. The van der Waals surface area contributed by atoms with Gasteiger partial charge >= 0.3 is 0 Å². The van der Waals surface area contributed by atoms with Crippen LogP contribution in [0.15, 0.2) is 18.2 Å². The highest BCUT2D eigenvalue weighted by Crippen LogP contribution is 2.19. The van der Waals surface area contributed by atoms with Crippen molar-refractivity contribution in [2.45, 2.75) is 25.3 Å². The molecule has 1 aliphatic rings. The maximum atomic E-state index is 9.36. The van der Waals surface area contributed by atoms with Gasteiger partial charge in [0.15, 0.2) is 0 Å². The van der Waals surface area contributed by atoms with E-state index in [0.29, 0.717) is 11.6 Å². The second kappa shape index (κ2) is 4.33. The van der Waals surface area contributed by atoms with Gasteiger partial charge in [0.1, 0.15) is 11.8 Å². The van der Waals surface area contributed by atoms with Crippen LogP contribution >= 0.6 is 0 Å². The molecule has 3 heteroatoms. The van der Waals surface area contributed by atoms with Crippen LogP contribution in [-0.2, 0) is 6.42 Å². The quantitative estimate of drug-likeness (QED) is 0.765. The Hall–Kier alpha value is -1.53. The normalized spacial score (nSPS) is 20.1. The second-order valence-electron chi connectivity index (χ2n) is 3.96. The van der Waals surface area contributed by atoms with Gasteiger partial charge < -0.3 is 10.4 Å². The Morgan fingerprint density at radius 1 is 1.53 bits per heavy atom. The minimum Gasteiger partial charge on any atom is -0.507 e. The maximum absolute atomic E-state index is 9.36. The molecule has 1 heterocycles. The standard InChI is InChI=1S/C12H14N2O/c13-8-10-6-9(3-4-12(10)15)7-11-2-1-5-14-11/h3-4,6,11,14-15H,1-2,5,7H2. The van der Waals surface area contributed by atoms with Crippen molar-refractivity contribution < 1.29 is 5.11 Å². The number of nitrogens with zero attached hydrogens (tertiary/aromatic N) is 1. The van der Waals surface area contributed by atoms with Crippen molar-refractivity contribution in [3.8, 4) is 11.8 Å². The number of hydrogen-bond donors (Lipinski definition) is 2. The van der Waals surface area contributed by atoms with Gasteiger partial charge in [0, 0.05) is 6.04 Å². The fraction of sp³-hybridized carbons (Fsp3) is 0.417. The first-order valence-electron chi connectivity index (χ1n) is 5.25. The van der Waals surface area contributed by atoms with E-state index in [-0.39, 0.29) is 5.75 Å². The number of nitrogens with one attached hydrogen (secondary N) is 1. The molecule has 1 unspecified atom stereocenters. The number of rotatable bonds is 2. The van der Waals surface area contributed by atoms with Crippen LogP contribution in [0.25, 0.3) is 0 Å². The fourth-order valence-corrected chi connectivity index (χ4v) is 2.02. The molecule has 1 aromatic rings. The van der Waals surface area contributed by atoms with Gasteiger partial charge in [-0.25, -0.2) is 0 Å². The average Bonchev–Trinajstić information content (AvgIpc) is 2.73.